The Morgan fingerprint density at radius 3 is 2.68 bits per heavy atom. The van der Waals surface area contributed by atoms with Gasteiger partial charge in [-0.3, -0.25) is 0 Å². The van der Waals surface area contributed by atoms with Gasteiger partial charge in [0.15, 0.2) is 0 Å². The number of fused-ring (bicyclic) bond motifs is 1. The molecule has 0 fully saturated rings. The summed E-state index contributed by atoms with van der Waals surface area (Å²) in [4.78, 5) is 14.8. The summed E-state index contributed by atoms with van der Waals surface area (Å²) >= 11 is 0. The molecule has 0 aliphatic heterocycles. The Kier molecular flexibility index (Phi) is 3.83. The van der Waals surface area contributed by atoms with Crippen LogP contribution in [0.25, 0.3) is 10.9 Å². The van der Waals surface area contributed by atoms with Gasteiger partial charge in [0.05, 0.1) is 0 Å². The number of anilines is 1. The molecular formula is C18H18N2O2. The van der Waals surface area contributed by atoms with Gasteiger partial charge in [-0.25, -0.2) is 4.79 Å². The first-order valence-electron chi connectivity index (χ1n) is 7.25. The van der Waals surface area contributed by atoms with Gasteiger partial charge < -0.3 is 15.4 Å². The standard InChI is InChI=1S/C18H18N2O2/c1-12-6-2-4-8-15(12)20-17(18(21)22)10-13-11-19-16-9-5-3-7-14(13)16/h2-9,11,17,19-20H,10H2,1H3,(H,21,22)/t17-/m0/s1. The Morgan fingerprint density at radius 2 is 1.91 bits per heavy atom. The minimum absolute atomic E-state index is 0.424. The summed E-state index contributed by atoms with van der Waals surface area (Å²) in [5.41, 5.74) is 3.92. The molecule has 22 heavy (non-hydrogen) atoms. The van der Waals surface area contributed by atoms with Crippen molar-refractivity contribution in [1.29, 1.82) is 0 Å². The topological polar surface area (TPSA) is 65.1 Å². The van der Waals surface area contributed by atoms with E-state index in [4.69, 9.17) is 0 Å². The molecule has 0 saturated carbocycles. The molecule has 1 heterocycles. The molecule has 2 aromatic carbocycles. The quantitative estimate of drug-likeness (QED) is 0.674. The molecular weight excluding hydrogens is 276 g/mol. The largest absolute Gasteiger partial charge is 0.480 e. The Labute approximate surface area is 128 Å². The molecule has 1 aromatic heterocycles. The van der Waals surface area contributed by atoms with Gasteiger partial charge in [-0.1, -0.05) is 36.4 Å². The molecule has 112 valence electrons. The lowest BCUT2D eigenvalue weighted by atomic mass is 10.0. The molecule has 0 aliphatic rings. The van der Waals surface area contributed by atoms with Crippen LogP contribution in [0.4, 0.5) is 5.69 Å². The van der Waals surface area contributed by atoms with Crippen molar-refractivity contribution in [2.24, 2.45) is 0 Å². The van der Waals surface area contributed by atoms with Gasteiger partial charge in [-0.2, -0.15) is 0 Å². The predicted molar refractivity (Wildman–Crippen MR) is 88.2 cm³/mol. The molecule has 1 atom stereocenters. The fraction of sp³-hybridized carbons (Fsp3) is 0.167. The van der Waals surface area contributed by atoms with Gasteiger partial charge in [0.25, 0.3) is 0 Å². The van der Waals surface area contributed by atoms with Crippen LogP contribution >= 0.6 is 0 Å². The number of nitrogens with one attached hydrogen (secondary N) is 2. The molecule has 3 N–H and O–H groups in total. The first-order valence-corrected chi connectivity index (χ1v) is 7.25. The van der Waals surface area contributed by atoms with Crippen molar-refractivity contribution in [3.8, 4) is 0 Å². The van der Waals surface area contributed by atoms with Crippen LogP contribution in [0.2, 0.25) is 0 Å². The predicted octanol–water partition coefficient (Wildman–Crippen LogP) is 3.58. The zero-order chi connectivity index (χ0) is 15.5. The molecule has 0 amide bonds. The summed E-state index contributed by atoms with van der Waals surface area (Å²) in [6.07, 6.45) is 2.31. The van der Waals surface area contributed by atoms with E-state index in [0.717, 1.165) is 27.7 Å². The molecule has 4 nitrogen and oxygen atoms in total. The van der Waals surface area contributed by atoms with Gasteiger partial charge in [-0.05, 0) is 30.2 Å². The average Bonchev–Trinajstić information content (AvgIpc) is 2.92. The van der Waals surface area contributed by atoms with Crippen molar-refractivity contribution in [3.63, 3.8) is 0 Å². The number of aromatic amines is 1. The second-order valence-corrected chi connectivity index (χ2v) is 5.41. The maximum atomic E-state index is 11.6. The number of hydrogen-bond donors (Lipinski definition) is 3. The third kappa shape index (κ3) is 2.81. The summed E-state index contributed by atoms with van der Waals surface area (Å²) in [6, 6.07) is 15.0. The highest BCUT2D eigenvalue weighted by Crippen LogP contribution is 2.21. The smallest absolute Gasteiger partial charge is 0.326 e. The van der Waals surface area contributed by atoms with Crippen LogP contribution in [0.1, 0.15) is 11.1 Å². The van der Waals surface area contributed by atoms with E-state index in [1.54, 1.807) is 0 Å². The maximum Gasteiger partial charge on any atom is 0.326 e. The van der Waals surface area contributed by atoms with E-state index in [0.29, 0.717) is 6.42 Å². The Bertz CT molecular complexity index is 807. The minimum atomic E-state index is -0.853. The summed E-state index contributed by atoms with van der Waals surface area (Å²) in [5, 5.41) is 13.7. The molecule has 0 unspecified atom stereocenters. The molecule has 4 heteroatoms. The molecule has 0 spiro atoms. The lowest BCUT2D eigenvalue weighted by Gasteiger charge is -2.17. The normalized spacial score (nSPS) is 12.2. The highest BCUT2D eigenvalue weighted by Gasteiger charge is 2.20. The molecule has 0 aliphatic carbocycles. The van der Waals surface area contributed by atoms with E-state index in [2.05, 4.69) is 10.3 Å². The van der Waals surface area contributed by atoms with Gasteiger partial charge in [0.2, 0.25) is 0 Å². The third-order valence-corrected chi connectivity index (χ3v) is 3.87. The van der Waals surface area contributed by atoms with Crippen LogP contribution in [0.5, 0.6) is 0 Å². The molecule has 3 rings (SSSR count). The Morgan fingerprint density at radius 1 is 1.18 bits per heavy atom. The second-order valence-electron chi connectivity index (χ2n) is 5.41. The fourth-order valence-corrected chi connectivity index (χ4v) is 2.64. The van der Waals surface area contributed by atoms with E-state index in [9.17, 15) is 9.90 Å². The van der Waals surface area contributed by atoms with E-state index < -0.39 is 12.0 Å². The third-order valence-electron chi connectivity index (χ3n) is 3.87. The summed E-state index contributed by atoms with van der Waals surface area (Å²) in [5.74, 6) is -0.853. The van der Waals surface area contributed by atoms with Crippen LogP contribution in [-0.2, 0) is 11.2 Å². The highest BCUT2D eigenvalue weighted by molar-refractivity contribution is 5.85. The lowest BCUT2D eigenvalue weighted by molar-refractivity contribution is -0.137. The number of aryl methyl sites for hydroxylation is 1. The fourth-order valence-electron chi connectivity index (χ4n) is 2.64. The SMILES string of the molecule is Cc1ccccc1N[C@@H](Cc1c[nH]c2ccccc12)C(=O)O. The number of carbonyl (C=O) groups is 1. The number of aromatic nitrogens is 1. The van der Waals surface area contributed by atoms with Gasteiger partial charge >= 0.3 is 5.97 Å². The monoisotopic (exact) mass is 294 g/mol. The van der Waals surface area contributed by atoms with E-state index in [1.807, 2.05) is 61.7 Å². The summed E-state index contributed by atoms with van der Waals surface area (Å²) in [7, 11) is 0. The number of H-pyrrole nitrogens is 1. The van der Waals surface area contributed by atoms with Crippen molar-refractivity contribution < 1.29 is 9.90 Å². The second kappa shape index (κ2) is 5.93. The number of para-hydroxylation sites is 2. The van der Waals surface area contributed by atoms with Crippen LogP contribution in [0.3, 0.4) is 0 Å². The molecule has 0 radical (unpaired) electrons. The van der Waals surface area contributed by atoms with Crippen molar-refractivity contribution in [2.45, 2.75) is 19.4 Å². The van der Waals surface area contributed by atoms with Gasteiger partial charge in [0, 0.05) is 29.2 Å². The highest BCUT2D eigenvalue weighted by atomic mass is 16.4. The zero-order valence-electron chi connectivity index (χ0n) is 12.3. The van der Waals surface area contributed by atoms with Crippen molar-refractivity contribution in [1.82, 2.24) is 4.98 Å². The number of benzene rings is 2. The maximum absolute atomic E-state index is 11.6. The van der Waals surface area contributed by atoms with E-state index >= 15 is 0 Å². The van der Waals surface area contributed by atoms with E-state index in [1.165, 1.54) is 0 Å². The van der Waals surface area contributed by atoms with Crippen molar-refractivity contribution in [3.05, 3.63) is 65.9 Å². The first kappa shape index (κ1) is 14.2. The van der Waals surface area contributed by atoms with Gasteiger partial charge in [0.1, 0.15) is 6.04 Å². The zero-order valence-corrected chi connectivity index (χ0v) is 12.3. The number of hydrogen-bond acceptors (Lipinski definition) is 2. The average molecular weight is 294 g/mol. The van der Waals surface area contributed by atoms with Crippen LogP contribution in [0, 0.1) is 6.92 Å². The lowest BCUT2D eigenvalue weighted by Crippen LogP contribution is -2.31. The van der Waals surface area contributed by atoms with Crippen molar-refractivity contribution in [2.75, 3.05) is 5.32 Å². The van der Waals surface area contributed by atoms with Crippen LogP contribution in [-0.4, -0.2) is 22.1 Å². The summed E-state index contributed by atoms with van der Waals surface area (Å²) < 4.78 is 0. The number of carboxylic acid groups (broad SMARTS) is 1. The number of rotatable bonds is 5. The Balaban J connectivity index is 1.86. The van der Waals surface area contributed by atoms with E-state index in [-0.39, 0.29) is 0 Å². The number of aliphatic carboxylic acids is 1. The summed E-state index contributed by atoms with van der Waals surface area (Å²) in [6.45, 7) is 1.97. The molecule has 0 saturated heterocycles. The molecule has 3 aromatic rings. The Hall–Kier alpha value is -2.75. The van der Waals surface area contributed by atoms with Crippen LogP contribution in [0.15, 0.2) is 54.7 Å². The van der Waals surface area contributed by atoms with Crippen molar-refractivity contribution >= 4 is 22.6 Å². The van der Waals surface area contributed by atoms with Gasteiger partial charge in [-0.15, -0.1) is 0 Å². The number of carboxylic acids is 1. The minimum Gasteiger partial charge on any atom is -0.480 e. The van der Waals surface area contributed by atoms with Crippen LogP contribution < -0.4 is 5.32 Å². The molecule has 0 bridgehead atoms. The first-order chi connectivity index (χ1) is 10.6.